The molecule has 0 bridgehead atoms. The molecular weight excluding hydrogens is 394 g/mol. The first-order valence-electron chi connectivity index (χ1n) is 8.68. The Morgan fingerprint density at radius 1 is 1.00 bits per heavy atom. The maximum atomic E-state index is 12.6. The van der Waals surface area contributed by atoms with Gasteiger partial charge in [-0.05, 0) is 61.7 Å². The Morgan fingerprint density at radius 2 is 1.68 bits per heavy atom. The van der Waals surface area contributed by atoms with Crippen molar-refractivity contribution in [2.75, 3.05) is 12.4 Å². The van der Waals surface area contributed by atoms with E-state index in [2.05, 4.69) is 5.32 Å². The van der Waals surface area contributed by atoms with E-state index in [4.69, 9.17) is 16.3 Å². The van der Waals surface area contributed by atoms with Crippen molar-refractivity contribution in [3.05, 3.63) is 74.6 Å². The van der Waals surface area contributed by atoms with Gasteiger partial charge < -0.3 is 10.1 Å². The van der Waals surface area contributed by atoms with Crippen LogP contribution in [0.1, 0.15) is 36.7 Å². The molecular formula is C22H20ClNO3S. The highest BCUT2D eigenvalue weighted by molar-refractivity contribution is 7.17. The van der Waals surface area contributed by atoms with Crippen LogP contribution in [-0.4, -0.2) is 19.0 Å². The van der Waals surface area contributed by atoms with E-state index >= 15 is 0 Å². The van der Waals surface area contributed by atoms with E-state index in [1.54, 1.807) is 24.3 Å². The second-order valence-electron chi connectivity index (χ2n) is 6.49. The standard InChI is InChI=1S/C22H20ClNO3S/c1-12-5-6-16(11-13(12)2)18-14(3)28-21(19(18)22(26)27-4)24-20(25)15-7-9-17(23)10-8-15/h5-11H,1-4H3,(H,24,25). The van der Waals surface area contributed by atoms with Gasteiger partial charge in [0.25, 0.3) is 5.91 Å². The minimum absolute atomic E-state index is 0.310. The fourth-order valence-electron chi connectivity index (χ4n) is 2.95. The predicted octanol–water partition coefficient (Wildman–Crippen LogP) is 6.03. The molecule has 0 radical (unpaired) electrons. The van der Waals surface area contributed by atoms with Crippen LogP contribution >= 0.6 is 22.9 Å². The van der Waals surface area contributed by atoms with Crippen molar-refractivity contribution in [2.24, 2.45) is 0 Å². The average molecular weight is 414 g/mol. The number of rotatable bonds is 4. The van der Waals surface area contributed by atoms with E-state index in [1.165, 1.54) is 24.0 Å². The molecule has 3 aromatic rings. The zero-order valence-electron chi connectivity index (χ0n) is 16.1. The average Bonchev–Trinajstić information content (AvgIpc) is 2.99. The number of carbonyl (C=O) groups is 2. The monoisotopic (exact) mass is 413 g/mol. The van der Waals surface area contributed by atoms with Crippen LogP contribution in [0.3, 0.4) is 0 Å². The molecule has 0 saturated heterocycles. The summed E-state index contributed by atoms with van der Waals surface area (Å²) in [5, 5.41) is 3.88. The molecule has 1 amide bonds. The van der Waals surface area contributed by atoms with Gasteiger partial charge in [0.2, 0.25) is 0 Å². The first-order valence-corrected chi connectivity index (χ1v) is 9.87. The third-order valence-electron chi connectivity index (χ3n) is 4.60. The molecule has 0 saturated carbocycles. The lowest BCUT2D eigenvalue weighted by Crippen LogP contribution is -2.14. The Labute approximate surface area is 173 Å². The lowest BCUT2D eigenvalue weighted by atomic mass is 9.97. The second-order valence-corrected chi connectivity index (χ2v) is 8.15. The molecule has 0 aliphatic rings. The fraction of sp³-hybridized carbons (Fsp3) is 0.182. The lowest BCUT2D eigenvalue weighted by molar-refractivity contribution is 0.0603. The number of hydrogen-bond acceptors (Lipinski definition) is 4. The van der Waals surface area contributed by atoms with Crippen molar-refractivity contribution in [2.45, 2.75) is 20.8 Å². The summed E-state index contributed by atoms with van der Waals surface area (Å²) in [6, 6.07) is 12.6. The number of ether oxygens (including phenoxy) is 1. The Bertz CT molecular complexity index is 1050. The van der Waals surface area contributed by atoms with Crippen molar-refractivity contribution >= 4 is 39.8 Å². The fourth-order valence-corrected chi connectivity index (χ4v) is 4.14. The largest absolute Gasteiger partial charge is 0.465 e. The van der Waals surface area contributed by atoms with Crippen LogP contribution in [0.15, 0.2) is 42.5 Å². The van der Waals surface area contributed by atoms with Crippen LogP contribution in [0, 0.1) is 20.8 Å². The molecule has 1 aromatic heterocycles. The Kier molecular flexibility index (Phi) is 5.87. The number of halogens is 1. The van der Waals surface area contributed by atoms with Crippen molar-refractivity contribution in [3.8, 4) is 11.1 Å². The zero-order chi connectivity index (χ0) is 20.4. The van der Waals surface area contributed by atoms with E-state index in [9.17, 15) is 9.59 Å². The van der Waals surface area contributed by atoms with Crippen molar-refractivity contribution in [3.63, 3.8) is 0 Å². The molecule has 3 rings (SSSR count). The van der Waals surface area contributed by atoms with Gasteiger partial charge in [-0.25, -0.2) is 4.79 Å². The lowest BCUT2D eigenvalue weighted by Gasteiger charge is -2.10. The second kappa shape index (κ2) is 8.17. The normalized spacial score (nSPS) is 10.6. The molecule has 0 aliphatic heterocycles. The molecule has 0 spiro atoms. The van der Waals surface area contributed by atoms with Crippen molar-refractivity contribution in [1.82, 2.24) is 0 Å². The first kappa shape index (κ1) is 20.1. The Balaban J connectivity index is 2.06. The van der Waals surface area contributed by atoms with Crippen molar-refractivity contribution in [1.29, 1.82) is 0 Å². The van der Waals surface area contributed by atoms with E-state index in [0.29, 0.717) is 21.2 Å². The highest BCUT2D eigenvalue weighted by Gasteiger charge is 2.25. The molecule has 144 valence electrons. The van der Waals surface area contributed by atoms with Crippen LogP contribution in [0.4, 0.5) is 5.00 Å². The van der Waals surface area contributed by atoms with Gasteiger partial charge in [0.1, 0.15) is 10.6 Å². The van der Waals surface area contributed by atoms with Crippen LogP contribution < -0.4 is 5.32 Å². The third kappa shape index (κ3) is 3.96. The van der Waals surface area contributed by atoms with E-state index in [1.807, 2.05) is 39.0 Å². The van der Waals surface area contributed by atoms with Gasteiger partial charge in [-0.15, -0.1) is 11.3 Å². The molecule has 1 heterocycles. The predicted molar refractivity (Wildman–Crippen MR) is 115 cm³/mol. The number of carbonyl (C=O) groups excluding carboxylic acids is 2. The van der Waals surface area contributed by atoms with Gasteiger partial charge in [0.05, 0.1) is 7.11 Å². The molecule has 0 unspecified atom stereocenters. The minimum Gasteiger partial charge on any atom is -0.465 e. The van der Waals surface area contributed by atoms with Gasteiger partial charge in [0.15, 0.2) is 0 Å². The summed E-state index contributed by atoms with van der Waals surface area (Å²) in [6.07, 6.45) is 0. The molecule has 0 aliphatic carbocycles. The van der Waals surface area contributed by atoms with Gasteiger partial charge in [0, 0.05) is 21.0 Å². The number of methoxy groups -OCH3 is 1. The van der Waals surface area contributed by atoms with Gasteiger partial charge in [-0.1, -0.05) is 29.8 Å². The summed E-state index contributed by atoms with van der Waals surface area (Å²) in [7, 11) is 1.34. The van der Waals surface area contributed by atoms with E-state index < -0.39 is 5.97 Å². The summed E-state index contributed by atoms with van der Waals surface area (Å²) in [4.78, 5) is 26.1. The summed E-state index contributed by atoms with van der Waals surface area (Å²) in [5.41, 5.74) is 4.84. The first-order chi connectivity index (χ1) is 13.3. The van der Waals surface area contributed by atoms with Crippen LogP contribution in [-0.2, 0) is 4.74 Å². The van der Waals surface area contributed by atoms with Crippen LogP contribution in [0.5, 0.6) is 0 Å². The van der Waals surface area contributed by atoms with Crippen molar-refractivity contribution < 1.29 is 14.3 Å². The smallest absolute Gasteiger partial charge is 0.341 e. The zero-order valence-corrected chi connectivity index (χ0v) is 17.6. The number of esters is 1. The number of aryl methyl sites for hydroxylation is 3. The number of anilines is 1. The Hall–Kier alpha value is -2.63. The topological polar surface area (TPSA) is 55.4 Å². The maximum absolute atomic E-state index is 12.6. The third-order valence-corrected chi connectivity index (χ3v) is 5.88. The summed E-state index contributed by atoms with van der Waals surface area (Å²) in [6.45, 7) is 6.00. The molecule has 4 nitrogen and oxygen atoms in total. The number of hydrogen-bond donors (Lipinski definition) is 1. The molecule has 0 fully saturated rings. The molecule has 28 heavy (non-hydrogen) atoms. The van der Waals surface area contributed by atoms with Gasteiger partial charge in [-0.3, -0.25) is 4.79 Å². The van der Waals surface area contributed by atoms with E-state index in [-0.39, 0.29) is 5.91 Å². The number of amides is 1. The quantitative estimate of drug-likeness (QED) is 0.531. The van der Waals surface area contributed by atoms with Crippen LogP contribution in [0.25, 0.3) is 11.1 Å². The van der Waals surface area contributed by atoms with E-state index in [0.717, 1.165) is 21.6 Å². The SMILES string of the molecule is COC(=O)c1c(NC(=O)c2ccc(Cl)cc2)sc(C)c1-c1ccc(C)c(C)c1. The van der Waals surface area contributed by atoms with Crippen LogP contribution in [0.2, 0.25) is 5.02 Å². The molecule has 0 atom stereocenters. The highest BCUT2D eigenvalue weighted by atomic mass is 35.5. The molecule has 6 heteroatoms. The Morgan fingerprint density at radius 3 is 2.29 bits per heavy atom. The minimum atomic E-state index is -0.482. The summed E-state index contributed by atoms with van der Waals surface area (Å²) < 4.78 is 5.01. The van der Waals surface area contributed by atoms with Gasteiger partial charge >= 0.3 is 5.97 Å². The highest BCUT2D eigenvalue weighted by Crippen LogP contribution is 2.41. The van der Waals surface area contributed by atoms with Gasteiger partial charge in [-0.2, -0.15) is 0 Å². The summed E-state index contributed by atoms with van der Waals surface area (Å²) >= 11 is 7.24. The number of benzene rings is 2. The maximum Gasteiger partial charge on any atom is 0.341 e. The molecule has 1 N–H and O–H groups in total. The molecule has 2 aromatic carbocycles. The summed E-state index contributed by atoms with van der Waals surface area (Å²) in [5.74, 6) is -0.793. The number of thiophene rings is 1. The number of nitrogens with one attached hydrogen (secondary N) is 1.